The Kier molecular flexibility index (Phi) is 3.82. The van der Waals surface area contributed by atoms with E-state index in [1.807, 2.05) is 0 Å². The minimum atomic E-state index is 0.520. The lowest BCUT2D eigenvalue weighted by molar-refractivity contribution is 0.0540. The van der Waals surface area contributed by atoms with Crippen molar-refractivity contribution in [3.8, 4) is 0 Å². The molecule has 0 spiro atoms. The molecule has 0 radical (unpaired) electrons. The van der Waals surface area contributed by atoms with Gasteiger partial charge in [0.1, 0.15) is 0 Å². The number of rotatable bonds is 2. The van der Waals surface area contributed by atoms with Crippen LogP contribution in [0.4, 0.5) is 0 Å². The summed E-state index contributed by atoms with van der Waals surface area (Å²) in [6, 6.07) is 0. The van der Waals surface area contributed by atoms with E-state index in [0.29, 0.717) is 4.95 Å². The van der Waals surface area contributed by atoms with Crippen LogP contribution in [0.5, 0.6) is 0 Å². The second-order valence-corrected chi connectivity index (χ2v) is 4.22. The fourth-order valence-corrected chi connectivity index (χ4v) is 1.94. The third kappa shape index (κ3) is 2.73. The second kappa shape index (κ2) is 4.43. The molecule has 1 atom stereocenters. The molecule has 0 aromatic heterocycles. The molecule has 0 bridgehead atoms. The quantitative estimate of drug-likeness (QED) is 0.520. The first kappa shape index (κ1) is 9.49. The van der Waals surface area contributed by atoms with Gasteiger partial charge in [0.25, 0.3) is 0 Å². The van der Waals surface area contributed by atoms with Crippen LogP contribution in [0.3, 0.4) is 0 Å². The zero-order chi connectivity index (χ0) is 8.27. The maximum atomic E-state index is 5.29. The van der Waals surface area contributed by atoms with Gasteiger partial charge in [-0.15, -0.1) is 0 Å². The monoisotopic (exact) mass is 221 g/mol. The first-order chi connectivity index (χ1) is 5.22. The molecule has 1 saturated heterocycles. The fourth-order valence-electron chi connectivity index (χ4n) is 1.41. The van der Waals surface area contributed by atoms with Crippen LogP contribution in [0.1, 0.15) is 12.8 Å². The highest BCUT2D eigenvalue weighted by atomic mass is 79.9. The SMILES string of the molecule is CN(C)C(Br)C1CCOCC1. The average molecular weight is 222 g/mol. The van der Waals surface area contributed by atoms with Crippen LogP contribution in [-0.2, 0) is 4.74 Å². The lowest BCUT2D eigenvalue weighted by Crippen LogP contribution is -2.33. The lowest BCUT2D eigenvalue weighted by Gasteiger charge is -2.30. The van der Waals surface area contributed by atoms with Crippen molar-refractivity contribution >= 4 is 15.9 Å². The maximum absolute atomic E-state index is 5.29. The average Bonchev–Trinajstić information content (AvgIpc) is 2.05. The summed E-state index contributed by atoms with van der Waals surface area (Å²) < 4.78 is 5.29. The molecule has 0 amide bonds. The van der Waals surface area contributed by atoms with Gasteiger partial charge in [-0.3, -0.25) is 4.90 Å². The van der Waals surface area contributed by atoms with Gasteiger partial charge in [0.2, 0.25) is 0 Å². The molecule has 0 N–H and O–H groups in total. The van der Waals surface area contributed by atoms with Crippen LogP contribution in [0.15, 0.2) is 0 Å². The minimum Gasteiger partial charge on any atom is -0.381 e. The van der Waals surface area contributed by atoms with Gasteiger partial charge in [-0.05, 0) is 32.9 Å². The Morgan fingerprint density at radius 3 is 2.36 bits per heavy atom. The molecule has 0 aromatic rings. The fraction of sp³-hybridized carbons (Fsp3) is 1.00. The molecule has 0 saturated carbocycles. The first-order valence-corrected chi connectivity index (χ1v) is 5.01. The predicted molar refractivity (Wildman–Crippen MR) is 49.9 cm³/mol. The van der Waals surface area contributed by atoms with E-state index in [2.05, 4.69) is 34.9 Å². The molecule has 1 rings (SSSR count). The van der Waals surface area contributed by atoms with E-state index in [-0.39, 0.29) is 0 Å². The zero-order valence-electron chi connectivity index (χ0n) is 7.22. The zero-order valence-corrected chi connectivity index (χ0v) is 8.80. The molecular weight excluding hydrogens is 206 g/mol. The van der Waals surface area contributed by atoms with Crippen LogP contribution in [0, 0.1) is 5.92 Å². The Morgan fingerprint density at radius 2 is 1.91 bits per heavy atom. The van der Waals surface area contributed by atoms with Crippen molar-refractivity contribution < 1.29 is 4.74 Å². The van der Waals surface area contributed by atoms with Gasteiger partial charge in [0.05, 0.1) is 4.95 Å². The van der Waals surface area contributed by atoms with E-state index in [1.54, 1.807) is 0 Å². The maximum Gasteiger partial charge on any atom is 0.0680 e. The highest BCUT2D eigenvalue weighted by molar-refractivity contribution is 9.09. The van der Waals surface area contributed by atoms with Gasteiger partial charge in [-0.1, -0.05) is 15.9 Å². The number of ether oxygens (including phenoxy) is 1. The largest absolute Gasteiger partial charge is 0.381 e. The van der Waals surface area contributed by atoms with Crippen molar-refractivity contribution in [2.75, 3.05) is 27.3 Å². The molecule has 1 aliphatic rings. The molecule has 3 heteroatoms. The van der Waals surface area contributed by atoms with E-state index >= 15 is 0 Å². The van der Waals surface area contributed by atoms with Crippen LogP contribution in [-0.4, -0.2) is 37.2 Å². The molecule has 11 heavy (non-hydrogen) atoms. The number of halogens is 1. The summed E-state index contributed by atoms with van der Waals surface area (Å²) in [5, 5.41) is 0. The van der Waals surface area contributed by atoms with Crippen molar-refractivity contribution in [2.45, 2.75) is 17.8 Å². The summed E-state index contributed by atoms with van der Waals surface area (Å²) >= 11 is 3.67. The van der Waals surface area contributed by atoms with E-state index in [9.17, 15) is 0 Å². The van der Waals surface area contributed by atoms with Crippen molar-refractivity contribution in [3.63, 3.8) is 0 Å². The number of nitrogens with zero attached hydrogens (tertiary/aromatic N) is 1. The van der Waals surface area contributed by atoms with E-state index in [4.69, 9.17) is 4.74 Å². The van der Waals surface area contributed by atoms with Gasteiger partial charge in [-0.25, -0.2) is 0 Å². The summed E-state index contributed by atoms with van der Waals surface area (Å²) in [5.41, 5.74) is 0. The molecule has 1 unspecified atom stereocenters. The molecule has 66 valence electrons. The van der Waals surface area contributed by atoms with Crippen molar-refractivity contribution in [1.82, 2.24) is 4.90 Å². The number of alkyl halides is 1. The number of hydrogen-bond donors (Lipinski definition) is 0. The molecule has 0 aromatic carbocycles. The Bertz CT molecular complexity index is 113. The molecule has 1 fully saturated rings. The van der Waals surface area contributed by atoms with Gasteiger partial charge in [-0.2, -0.15) is 0 Å². The topological polar surface area (TPSA) is 12.5 Å². The van der Waals surface area contributed by atoms with Gasteiger partial charge in [0, 0.05) is 13.2 Å². The van der Waals surface area contributed by atoms with Gasteiger partial charge in [0.15, 0.2) is 0 Å². The van der Waals surface area contributed by atoms with Crippen molar-refractivity contribution in [3.05, 3.63) is 0 Å². The lowest BCUT2D eigenvalue weighted by atomic mass is 10.00. The predicted octanol–water partition coefficient (Wildman–Crippen LogP) is 1.70. The Morgan fingerprint density at radius 1 is 1.36 bits per heavy atom. The highest BCUT2D eigenvalue weighted by Crippen LogP contribution is 2.24. The Balaban J connectivity index is 2.32. The normalized spacial score (nSPS) is 24.0. The molecule has 1 heterocycles. The van der Waals surface area contributed by atoms with Crippen LogP contribution < -0.4 is 0 Å². The second-order valence-electron chi connectivity index (χ2n) is 3.29. The third-order valence-electron chi connectivity index (χ3n) is 2.15. The summed E-state index contributed by atoms with van der Waals surface area (Å²) in [5.74, 6) is 0.763. The van der Waals surface area contributed by atoms with Crippen LogP contribution in [0.2, 0.25) is 0 Å². The molecule has 0 aliphatic carbocycles. The third-order valence-corrected chi connectivity index (χ3v) is 3.71. The summed E-state index contributed by atoms with van der Waals surface area (Å²) in [7, 11) is 4.21. The van der Waals surface area contributed by atoms with Crippen molar-refractivity contribution in [2.24, 2.45) is 5.92 Å². The summed E-state index contributed by atoms with van der Waals surface area (Å²) in [6.07, 6.45) is 2.38. The summed E-state index contributed by atoms with van der Waals surface area (Å²) in [6.45, 7) is 1.86. The van der Waals surface area contributed by atoms with E-state index < -0.39 is 0 Å². The summed E-state index contributed by atoms with van der Waals surface area (Å²) in [4.78, 5) is 2.74. The van der Waals surface area contributed by atoms with E-state index in [0.717, 1.165) is 19.1 Å². The van der Waals surface area contributed by atoms with Gasteiger partial charge < -0.3 is 4.74 Å². The Hall–Kier alpha value is 0.400. The van der Waals surface area contributed by atoms with Crippen LogP contribution >= 0.6 is 15.9 Å². The minimum absolute atomic E-state index is 0.520. The van der Waals surface area contributed by atoms with Crippen molar-refractivity contribution in [1.29, 1.82) is 0 Å². The first-order valence-electron chi connectivity index (χ1n) is 4.10. The van der Waals surface area contributed by atoms with E-state index in [1.165, 1.54) is 12.8 Å². The van der Waals surface area contributed by atoms with Gasteiger partial charge >= 0.3 is 0 Å². The molecule has 2 nitrogen and oxygen atoms in total. The van der Waals surface area contributed by atoms with Crippen LogP contribution in [0.25, 0.3) is 0 Å². The molecule has 1 aliphatic heterocycles. The Labute approximate surface area is 77.0 Å². The molecular formula is C8H16BrNO. The smallest absolute Gasteiger partial charge is 0.0680 e. The number of hydrogen-bond acceptors (Lipinski definition) is 2. The highest BCUT2D eigenvalue weighted by Gasteiger charge is 2.22. The standard InChI is InChI=1S/C8H16BrNO/c1-10(2)8(9)7-3-5-11-6-4-7/h7-8H,3-6H2,1-2H3.